The van der Waals surface area contributed by atoms with Crippen molar-refractivity contribution in [3.05, 3.63) is 0 Å². The highest BCUT2D eigenvalue weighted by atomic mass is 32.2. The number of rotatable bonds is 5. The second-order valence-electron chi connectivity index (χ2n) is 4.55. The standard InChI is InChI=1S/C10H22N2O2S/c1-3-4-9(11)7-12(2)10-5-6-15(13,14)8-10/h9-10H,3-8,11H2,1-2H3. The van der Waals surface area contributed by atoms with Crippen LogP contribution < -0.4 is 5.73 Å². The van der Waals surface area contributed by atoms with Crippen molar-refractivity contribution < 1.29 is 8.42 Å². The topological polar surface area (TPSA) is 63.4 Å². The lowest BCUT2D eigenvalue weighted by Crippen LogP contribution is -2.41. The van der Waals surface area contributed by atoms with Crippen molar-refractivity contribution in [1.82, 2.24) is 4.90 Å². The largest absolute Gasteiger partial charge is 0.327 e. The van der Waals surface area contributed by atoms with E-state index in [9.17, 15) is 8.42 Å². The number of hydrogen-bond acceptors (Lipinski definition) is 4. The minimum absolute atomic E-state index is 0.170. The maximum absolute atomic E-state index is 11.3. The van der Waals surface area contributed by atoms with Gasteiger partial charge in [-0.3, -0.25) is 0 Å². The van der Waals surface area contributed by atoms with Gasteiger partial charge in [-0.05, 0) is 19.9 Å². The molecule has 0 aromatic heterocycles. The normalized spacial score (nSPS) is 27.1. The average Bonchev–Trinajstić information content (AvgIpc) is 2.46. The molecule has 4 nitrogen and oxygen atoms in total. The summed E-state index contributed by atoms with van der Waals surface area (Å²) in [6.45, 7) is 2.91. The molecule has 1 heterocycles. The summed E-state index contributed by atoms with van der Waals surface area (Å²) in [6.07, 6.45) is 2.85. The molecule has 0 radical (unpaired) electrons. The molecule has 2 unspecified atom stereocenters. The van der Waals surface area contributed by atoms with Crippen LogP contribution >= 0.6 is 0 Å². The van der Waals surface area contributed by atoms with Gasteiger partial charge in [-0.25, -0.2) is 8.42 Å². The van der Waals surface area contributed by atoms with Crippen molar-refractivity contribution >= 4 is 9.84 Å². The van der Waals surface area contributed by atoms with Crippen LogP contribution in [0.15, 0.2) is 0 Å². The predicted octanol–water partition coefficient (Wildman–Crippen LogP) is 0.233. The van der Waals surface area contributed by atoms with Crippen molar-refractivity contribution in [2.45, 2.75) is 38.3 Å². The zero-order valence-corrected chi connectivity index (χ0v) is 10.5. The fourth-order valence-electron chi connectivity index (χ4n) is 2.10. The summed E-state index contributed by atoms with van der Waals surface area (Å²) in [5, 5.41) is 0. The SMILES string of the molecule is CCCC(N)CN(C)C1CCS(=O)(=O)C1. The summed E-state index contributed by atoms with van der Waals surface area (Å²) >= 11 is 0. The third kappa shape index (κ3) is 4.09. The maximum atomic E-state index is 11.3. The van der Waals surface area contributed by atoms with Crippen LogP contribution in [0.1, 0.15) is 26.2 Å². The summed E-state index contributed by atoms with van der Waals surface area (Å²) < 4.78 is 22.6. The van der Waals surface area contributed by atoms with Crippen molar-refractivity contribution in [3.63, 3.8) is 0 Å². The zero-order chi connectivity index (χ0) is 11.5. The van der Waals surface area contributed by atoms with Crippen LogP contribution in [-0.4, -0.2) is 50.5 Å². The van der Waals surface area contributed by atoms with Crippen LogP contribution in [0, 0.1) is 0 Å². The highest BCUT2D eigenvalue weighted by molar-refractivity contribution is 7.91. The molecule has 0 saturated carbocycles. The van der Waals surface area contributed by atoms with Gasteiger partial charge in [-0.2, -0.15) is 0 Å². The monoisotopic (exact) mass is 234 g/mol. The summed E-state index contributed by atoms with van der Waals surface area (Å²) in [4.78, 5) is 2.10. The van der Waals surface area contributed by atoms with Crippen LogP contribution in [-0.2, 0) is 9.84 Å². The van der Waals surface area contributed by atoms with E-state index in [-0.39, 0.29) is 12.1 Å². The lowest BCUT2D eigenvalue weighted by atomic mass is 10.1. The second kappa shape index (κ2) is 5.27. The highest BCUT2D eigenvalue weighted by Crippen LogP contribution is 2.16. The van der Waals surface area contributed by atoms with Crippen LogP contribution in [0.25, 0.3) is 0 Å². The molecular formula is C10H22N2O2S. The van der Waals surface area contributed by atoms with Gasteiger partial charge >= 0.3 is 0 Å². The first kappa shape index (κ1) is 12.9. The van der Waals surface area contributed by atoms with Gasteiger partial charge in [0.05, 0.1) is 11.5 Å². The Kier molecular flexibility index (Phi) is 4.55. The van der Waals surface area contributed by atoms with Gasteiger partial charge in [-0.1, -0.05) is 13.3 Å². The summed E-state index contributed by atoms with van der Waals surface area (Å²) in [6, 6.07) is 0.348. The third-order valence-corrected chi connectivity index (χ3v) is 4.76. The fraction of sp³-hybridized carbons (Fsp3) is 1.00. The van der Waals surface area contributed by atoms with Gasteiger partial charge in [0.15, 0.2) is 9.84 Å². The van der Waals surface area contributed by atoms with Crippen LogP contribution in [0.5, 0.6) is 0 Å². The van der Waals surface area contributed by atoms with Crippen molar-refractivity contribution in [3.8, 4) is 0 Å². The number of likely N-dealkylation sites (N-methyl/N-ethyl adjacent to an activating group) is 1. The molecular weight excluding hydrogens is 212 g/mol. The van der Waals surface area contributed by atoms with Crippen LogP contribution in [0.3, 0.4) is 0 Å². The first-order valence-corrected chi connectivity index (χ1v) is 7.43. The number of hydrogen-bond donors (Lipinski definition) is 1. The number of nitrogens with zero attached hydrogens (tertiary/aromatic N) is 1. The molecule has 90 valence electrons. The van der Waals surface area contributed by atoms with E-state index in [2.05, 4.69) is 11.8 Å². The molecule has 2 atom stereocenters. The first-order valence-electron chi connectivity index (χ1n) is 5.61. The molecule has 1 fully saturated rings. The van der Waals surface area contributed by atoms with Gasteiger partial charge in [0.1, 0.15) is 0 Å². The Hall–Kier alpha value is -0.130. The maximum Gasteiger partial charge on any atom is 0.151 e. The van der Waals surface area contributed by atoms with E-state index in [4.69, 9.17) is 5.73 Å². The molecule has 1 aliphatic rings. The second-order valence-corrected chi connectivity index (χ2v) is 6.77. The minimum Gasteiger partial charge on any atom is -0.327 e. The van der Waals surface area contributed by atoms with Crippen molar-refractivity contribution in [1.29, 1.82) is 0 Å². The Balaban J connectivity index is 2.38. The van der Waals surface area contributed by atoms with Gasteiger partial charge in [0.2, 0.25) is 0 Å². The smallest absolute Gasteiger partial charge is 0.151 e. The van der Waals surface area contributed by atoms with E-state index < -0.39 is 9.84 Å². The molecule has 1 aliphatic heterocycles. The van der Waals surface area contributed by atoms with E-state index >= 15 is 0 Å². The summed E-state index contributed by atoms with van der Waals surface area (Å²) in [7, 11) is -0.798. The lowest BCUT2D eigenvalue weighted by molar-refractivity contribution is 0.242. The molecule has 2 N–H and O–H groups in total. The minimum atomic E-state index is -2.77. The highest BCUT2D eigenvalue weighted by Gasteiger charge is 2.30. The third-order valence-electron chi connectivity index (χ3n) is 3.01. The molecule has 0 aliphatic carbocycles. The zero-order valence-electron chi connectivity index (χ0n) is 9.65. The summed E-state index contributed by atoms with van der Waals surface area (Å²) in [5.74, 6) is 0.646. The molecule has 0 aromatic carbocycles. The van der Waals surface area contributed by atoms with Gasteiger partial charge < -0.3 is 10.6 Å². The molecule has 0 bridgehead atoms. The van der Waals surface area contributed by atoms with E-state index in [1.165, 1.54) is 0 Å². The van der Waals surface area contributed by atoms with E-state index in [1.54, 1.807) is 0 Å². The molecule has 1 rings (SSSR count). The predicted molar refractivity (Wildman–Crippen MR) is 62.6 cm³/mol. The Morgan fingerprint density at radius 2 is 2.20 bits per heavy atom. The van der Waals surface area contributed by atoms with Gasteiger partial charge in [-0.15, -0.1) is 0 Å². The Morgan fingerprint density at radius 3 is 2.67 bits per heavy atom. The average molecular weight is 234 g/mol. The van der Waals surface area contributed by atoms with E-state index in [0.29, 0.717) is 11.5 Å². The first-order chi connectivity index (χ1) is 6.94. The number of nitrogens with two attached hydrogens (primary N) is 1. The molecule has 0 amide bonds. The quantitative estimate of drug-likeness (QED) is 0.740. The Morgan fingerprint density at radius 1 is 1.53 bits per heavy atom. The van der Waals surface area contributed by atoms with Crippen molar-refractivity contribution in [2.75, 3.05) is 25.1 Å². The Labute approximate surface area is 92.7 Å². The van der Waals surface area contributed by atoms with Crippen LogP contribution in [0.4, 0.5) is 0 Å². The molecule has 15 heavy (non-hydrogen) atoms. The van der Waals surface area contributed by atoms with Crippen LogP contribution in [0.2, 0.25) is 0 Å². The number of sulfone groups is 1. The Bertz CT molecular complexity index is 290. The molecule has 0 spiro atoms. The molecule has 5 heteroatoms. The lowest BCUT2D eigenvalue weighted by Gasteiger charge is -2.26. The van der Waals surface area contributed by atoms with E-state index in [1.807, 2.05) is 7.05 Å². The fourth-order valence-corrected chi connectivity index (χ4v) is 3.91. The van der Waals surface area contributed by atoms with Gasteiger partial charge in [0.25, 0.3) is 0 Å². The van der Waals surface area contributed by atoms with E-state index in [0.717, 1.165) is 25.8 Å². The molecule has 1 saturated heterocycles. The summed E-state index contributed by atoms with van der Waals surface area (Å²) in [5.41, 5.74) is 5.93. The van der Waals surface area contributed by atoms with Gasteiger partial charge in [0, 0.05) is 18.6 Å². The van der Waals surface area contributed by atoms with Crippen molar-refractivity contribution in [2.24, 2.45) is 5.73 Å². The molecule has 0 aromatic rings.